The predicted molar refractivity (Wildman–Crippen MR) is 98.4 cm³/mol. The quantitative estimate of drug-likeness (QED) is 0.435. The maximum atomic E-state index is 12.3. The summed E-state index contributed by atoms with van der Waals surface area (Å²) < 4.78 is 12.6. The van der Waals surface area contributed by atoms with Crippen molar-refractivity contribution in [2.75, 3.05) is 0 Å². The highest BCUT2D eigenvalue weighted by atomic mass is 79.9. The van der Waals surface area contributed by atoms with Gasteiger partial charge >= 0.3 is 5.97 Å². The molecular formula is C18H18Br2O3. The summed E-state index contributed by atoms with van der Waals surface area (Å²) in [6.07, 6.45) is 0.994. The van der Waals surface area contributed by atoms with Crippen molar-refractivity contribution in [2.24, 2.45) is 0 Å². The first-order valence-corrected chi connectivity index (χ1v) is 8.96. The molecule has 23 heavy (non-hydrogen) atoms. The van der Waals surface area contributed by atoms with Crippen molar-refractivity contribution in [3.8, 4) is 11.5 Å². The molecule has 0 amide bonds. The molecule has 0 unspecified atom stereocenters. The molecule has 5 heteroatoms. The Hall–Kier alpha value is -1.33. The third-order valence-corrected chi connectivity index (χ3v) is 4.38. The van der Waals surface area contributed by atoms with Gasteiger partial charge in [-0.2, -0.15) is 0 Å². The van der Waals surface area contributed by atoms with Crippen LogP contribution in [0.3, 0.4) is 0 Å². The van der Waals surface area contributed by atoms with E-state index in [-0.39, 0.29) is 6.10 Å². The SMILES string of the molecule is CCc1ccc(OC(=O)c2ccc(OC(C)C)c(Br)c2)c(Br)c1. The van der Waals surface area contributed by atoms with Crippen molar-refractivity contribution in [3.63, 3.8) is 0 Å². The molecule has 0 saturated carbocycles. The largest absolute Gasteiger partial charge is 0.490 e. The lowest BCUT2D eigenvalue weighted by molar-refractivity contribution is 0.0733. The van der Waals surface area contributed by atoms with Crippen LogP contribution >= 0.6 is 31.9 Å². The molecule has 0 fully saturated rings. The molecule has 3 nitrogen and oxygen atoms in total. The molecule has 0 spiro atoms. The Bertz CT molecular complexity index is 711. The van der Waals surface area contributed by atoms with E-state index in [0.29, 0.717) is 17.1 Å². The van der Waals surface area contributed by atoms with Crippen LogP contribution in [0.4, 0.5) is 0 Å². The van der Waals surface area contributed by atoms with E-state index in [1.165, 1.54) is 5.56 Å². The first kappa shape index (κ1) is 18.0. The number of rotatable bonds is 5. The fraction of sp³-hybridized carbons (Fsp3) is 0.278. The maximum Gasteiger partial charge on any atom is 0.343 e. The van der Waals surface area contributed by atoms with Crippen molar-refractivity contribution in [2.45, 2.75) is 33.3 Å². The van der Waals surface area contributed by atoms with Crippen molar-refractivity contribution in [1.29, 1.82) is 0 Å². The van der Waals surface area contributed by atoms with Crippen LogP contribution in [0.15, 0.2) is 45.3 Å². The summed E-state index contributed by atoms with van der Waals surface area (Å²) in [5.41, 5.74) is 1.63. The van der Waals surface area contributed by atoms with E-state index in [9.17, 15) is 4.79 Å². The average molecular weight is 442 g/mol. The zero-order chi connectivity index (χ0) is 17.0. The van der Waals surface area contributed by atoms with Gasteiger partial charge in [0.2, 0.25) is 0 Å². The van der Waals surface area contributed by atoms with Gasteiger partial charge in [-0.25, -0.2) is 4.79 Å². The summed E-state index contributed by atoms with van der Waals surface area (Å²) in [6, 6.07) is 10.9. The fourth-order valence-corrected chi connectivity index (χ4v) is 2.96. The van der Waals surface area contributed by atoms with Crippen LogP contribution in [0.1, 0.15) is 36.7 Å². The molecule has 0 N–H and O–H groups in total. The molecule has 2 aromatic rings. The van der Waals surface area contributed by atoms with Crippen LogP contribution in [0.5, 0.6) is 11.5 Å². The second-order valence-electron chi connectivity index (χ2n) is 5.32. The van der Waals surface area contributed by atoms with E-state index < -0.39 is 5.97 Å². The van der Waals surface area contributed by atoms with Gasteiger partial charge in [0.1, 0.15) is 11.5 Å². The van der Waals surface area contributed by atoms with E-state index in [2.05, 4.69) is 38.8 Å². The highest BCUT2D eigenvalue weighted by Gasteiger charge is 2.14. The number of benzene rings is 2. The van der Waals surface area contributed by atoms with Gasteiger partial charge in [0.25, 0.3) is 0 Å². The van der Waals surface area contributed by atoms with E-state index in [4.69, 9.17) is 9.47 Å². The highest BCUT2D eigenvalue weighted by Crippen LogP contribution is 2.29. The lowest BCUT2D eigenvalue weighted by atomic mass is 10.2. The standard InChI is InChI=1S/C18H18Br2O3/c1-4-12-5-7-17(14(19)9-12)23-18(21)13-6-8-16(15(20)10-13)22-11(2)3/h5-11H,4H2,1-3H3. The van der Waals surface area contributed by atoms with Gasteiger partial charge in [-0.15, -0.1) is 0 Å². The molecule has 0 saturated heterocycles. The molecular weight excluding hydrogens is 424 g/mol. The number of carbonyl (C=O) groups excluding carboxylic acids is 1. The number of aryl methyl sites for hydroxylation is 1. The molecule has 2 rings (SSSR count). The fourth-order valence-electron chi connectivity index (χ4n) is 1.98. The van der Waals surface area contributed by atoms with E-state index in [1.807, 2.05) is 26.0 Å². The minimum absolute atomic E-state index is 0.0668. The topological polar surface area (TPSA) is 35.5 Å². The molecule has 2 aromatic carbocycles. The summed E-state index contributed by atoms with van der Waals surface area (Å²) in [5.74, 6) is 0.794. The maximum absolute atomic E-state index is 12.3. The zero-order valence-corrected chi connectivity index (χ0v) is 16.4. The van der Waals surface area contributed by atoms with Gasteiger partial charge in [-0.1, -0.05) is 13.0 Å². The van der Waals surface area contributed by atoms with Gasteiger partial charge in [0.15, 0.2) is 0 Å². The molecule has 0 bridgehead atoms. The minimum atomic E-state index is -0.410. The first-order valence-electron chi connectivity index (χ1n) is 7.37. The molecule has 0 aliphatic heterocycles. The zero-order valence-electron chi connectivity index (χ0n) is 13.2. The van der Waals surface area contributed by atoms with Crippen molar-refractivity contribution in [1.82, 2.24) is 0 Å². The van der Waals surface area contributed by atoms with E-state index in [0.717, 1.165) is 15.4 Å². The first-order chi connectivity index (χ1) is 10.9. The van der Waals surface area contributed by atoms with Gasteiger partial charge in [-0.3, -0.25) is 0 Å². The lowest BCUT2D eigenvalue weighted by Gasteiger charge is -2.12. The third-order valence-electron chi connectivity index (χ3n) is 3.14. The second-order valence-corrected chi connectivity index (χ2v) is 7.03. The molecule has 0 atom stereocenters. The minimum Gasteiger partial charge on any atom is -0.490 e. The van der Waals surface area contributed by atoms with Crippen molar-refractivity contribution < 1.29 is 14.3 Å². The Labute approximate surface area is 153 Å². The normalized spacial score (nSPS) is 10.7. The number of halogens is 2. The van der Waals surface area contributed by atoms with Gasteiger partial charge in [0, 0.05) is 0 Å². The Morgan fingerprint density at radius 1 is 1.04 bits per heavy atom. The summed E-state index contributed by atoms with van der Waals surface area (Å²) in [6.45, 7) is 5.98. The highest BCUT2D eigenvalue weighted by molar-refractivity contribution is 9.10. The number of carbonyl (C=O) groups is 1. The van der Waals surface area contributed by atoms with Gasteiger partial charge in [0.05, 0.1) is 20.6 Å². The molecule has 0 heterocycles. The van der Waals surface area contributed by atoms with Crippen LogP contribution < -0.4 is 9.47 Å². The third kappa shape index (κ3) is 4.82. The van der Waals surface area contributed by atoms with Gasteiger partial charge in [-0.05, 0) is 88.0 Å². The van der Waals surface area contributed by atoms with Gasteiger partial charge < -0.3 is 9.47 Å². The van der Waals surface area contributed by atoms with E-state index in [1.54, 1.807) is 24.3 Å². The van der Waals surface area contributed by atoms with Crippen LogP contribution in [-0.4, -0.2) is 12.1 Å². The monoisotopic (exact) mass is 440 g/mol. The van der Waals surface area contributed by atoms with Crippen molar-refractivity contribution in [3.05, 3.63) is 56.5 Å². The molecule has 0 aliphatic carbocycles. The van der Waals surface area contributed by atoms with E-state index >= 15 is 0 Å². The number of hydrogen-bond acceptors (Lipinski definition) is 3. The Morgan fingerprint density at radius 3 is 2.26 bits per heavy atom. The number of esters is 1. The smallest absolute Gasteiger partial charge is 0.343 e. The van der Waals surface area contributed by atoms with Crippen LogP contribution in [0.2, 0.25) is 0 Å². The Morgan fingerprint density at radius 2 is 1.70 bits per heavy atom. The Kier molecular flexibility index (Phi) is 6.25. The number of ether oxygens (including phenoxy) is 2. The van der Waals surface area contributed by atoms with Crippen molar-refractivity contribution >= 4 is 37.8 Å². The summed E-state index contributed by atoms with van der Waals surface area (Å²) in [4.78, 5) is 12.3. The second kappa shape index (κ2) is 7.97. The average Bonchev–Trinajstić information content (AvgIpc) is 2.50. The summed E-state index contributed by atoms with van der Waals surface area (Å²) in [5, 5.41) is 0. The summed E-state index contributed by atoms with van der Waals surface area (Å²) >= 11 is 6.86. The molecule has 0 radical (unpaired) electrons. The Balaban J connectivity index is 2.16. The van der Waals surface area contributed by atoms with Crippen LogP contribution in [0, 0.1) is 0 Å². The molecule has 0 aliphatic rings. The van der Waals surface area contributed by atoms with Crippen LogP contribution in [-0.2, 0) is 6.42 Å². The predicted octanol–water partition coefficient (Wildman–Crippen LogP) is 5.78. The number of hydrogen-bond donors (Lipinski definition) is 0. The lowest BCUT2D eigenvalue weighted by Crippen LogP contribution is -2.10. The molecule has 0 aromatic heterocycles. The molecule has 122 valence electrons. The summed E-state index contributed by atoms with van der Waals surface area (Å²) in [7, 11) is 0. The van der Waals surface area contributed by atoms with Crippen LogP contribution in [0.25, 0.3) is 0 Å².